The van der Waals surface area contributed by atoms with Gasteiger partial charge in [-0.05, 0) is 36.8 Å². The van der Waals surface area contributed by atoms with Crippen molar-refractivity contribution in [3.63, 3.8) is 0 Å². The average Bonchev–Trinajstić information content (AvgIpc) is 2.47. The zero-order valence-electron chi connectivity index (χ0n) is 11.4. The summed E-state index contributed by atoms with van der Waals surface area (Å²) in [6, 6.07) is 14.8. The number of Topliss-reactive ketones (excluding diaryl/α,β-unsaturated/α-hetero) is 1. The van der Waals surface area contributed by atoms with Gasteiger partial charge in [0.05, 0.1) is 0 Å². The highest BCUT2D eigenvalue weighted by Crippen LogP contribution is 2.19. The van der Waals surface area contributed by atoms with Crippen LogP contribution in [0.1, 0.15) is 35.7 Å². The number of benzene rings is 2. The molecule has 2 aromatic carbocycles. The molecule has 0 aromatic heterocycles. The number of carbonyl (C=O) groups is 1. The molecule has 0 N–H and O–H groups in total. The van der Waals surface area contributed by atoms with Crippen molar-refractivity contribution in [2.75, 3.05) is 0 Å². The predicted octanol–water partition coefficient (Wildman–Crippen LogP) is 4.90. The lowest BCUT2D eigenvalue weighted by Crippen LogP contribution is -1.99. The normalized spacial score (nSPS) is 10.3. The zero-order valence-corrected chi connectivity index (χ0v) is 12.2. The Bertz CT molecular complexity index is 576. The average molecular weight is 289 g/mol. The lowest BCUT2D eigenvalue weighted by atomic mass is 10.1. The van der Waals surface area contributed by atoms with Crippen LogP contribution >= 0.6 is 11.6 Å². The van der Waals surface area contributed by atoms with E-state index < -0.39 is 0 Å². The third kappa shape index (κ3) is 3.84. The monoisotopic (exact) mass is 288 g/mol. The summed E-state index contributed by atoms with van der Waals surface area (Å²) < 4.78 is 5.67. The summed E-state index contributed by atoms with van der Waals surface area (Å²) in [5.41, 5.74) is 1.68. The van der Waals surface area contributed by atoms with E-state index in [-0.39, 0.29) is 5.78 Å². The molecular formula is C17H17ClO2. The maximum Gasteiger partial charge on any atom is 0.162 e. The first-order chi connectivity index (χ1) is 9.70. The molecule has 0 heterocycles. The van der Waals surface area contributed by atoms with Crippen LogP contribution < -0.4 is 4.74 Å². The standard InChI is InChI=1S/C17H17ClO2/c1-2-5-17(19)13-8-10-15(11-9-13)20-12-14-6-3-4-7-16(14)18/h3-4,6-11H,2,5,12H2,1H3. The van der Waals surface area contributed by atoms with Gasteiger partial charge in [-0.3, -0.25) is 4.79 Å². The van der Waals surface area contributed by atoms with Gasteiger partial charge in [0.2, 0.25) is 0 Å². The van der Waals surface area contributed by atoms with E-state index in [1.807, 2.05) is 43.3 Å². The van der Waals surface area contributed by atoms with Crippen molar-refractivity contribution in [3.8, 4) is 5.75 Å². The fourth-order valence-corrected chi connectivity index (χ4v) is 2.08. The molecule has 0 atom stereocenters. The van der Waals surface area contributed by atoms with Crippen LogP contribution in [-0.4, -0.2) is 5.78 Å². The molecule has 104 valence electrons. The Morgan fingerprint density at radius 3 is 2.45 bits per heavy atom. The Labute approximate surface area is 124 Å². The predicted molar refractivity (Wildman–Crippen MR) is 81.5 cm³/mol. The Morgan fingerprint density at radius 2 is 1.80 bits per heavy atom. The smallest absolute Gasteiger partial charge is 0.162 e. The number of ketones is 1. The minimum Gasteiger partial charge on any atom is -0.489 e. The van der Waals surface area contributed by atoms with Gasteiger partial charge in [-0.25, -0.2) is 0 Å². The summed E-state index contributed by atoms with van der Waals surface area (Å²) in [5.74, 6) is 0.906. The van der Waals surface area contributed by atoms with E-state index in [4.69, 9.17) is 16.3 Å². The molecule has 2 rings (SSSR count). The highest BCUT2D eigenvalue weighted by Gasteiger charge is 2.05. The second-order valence-corrected chi connectivity index (χ2v) is 4.98. The molecule has 0 saturated carbocycles. The lowest BCUT2D eigenvalue weighted by molar-refractivity contribution is 0.0981. The largest absolute Gasteiger partial charge is 0.489 e. The summed E-state index contributed by atoms with van der Waals surface area (Å²) >= 11 is 6.07. The molecule has 0 radical (unpaired) electrons. The highest BCUT2D eigenvalue weighted by atomic mass is 35.5. The summed E-state index contributed by atoms with van der Waals surface area (Å²) in [4.78, 5) is 11.7. The first-order valence-corrected chi connectivity index (χ1v) is 7.08. The number of ether oxygens (including phenoxy) is 1. The molecule has 2 aromatic rings. The van der Waals surface area contributed by atoms with E-state index >= 15 is 0 Å². The first kappa shape index (κ1) is 14.6. The number of halogens is 1. The van der Waals surface area contributed by atoms with E-state index in [1.165, 1.54) is 0 Å². The SMILES string of the molecule is CCCC(=O)c1ccc(OCc2ccccc2Cl)cc1. The van der Waals surface area contributed by atoms with Gasteiger partial charge in [0.1, 0.15) is 12.4 Å². The molecule has 2 nitrogen and oxygen atoms in total. The van der Waals surface area contributed by atoms with E-state index in [0.29, 0.717) is 18.1 Å². The minimum atomic E-state index is 0.171. The Hall–Kier alpha value is -1.80. The zero-order chi connectivity index (χ0) is 14.4. The van der Waals surface area contributed by atoms with Crippen LogP contribution in [0.4, 0.5) is 0 Å². The first-order valence-electron chi connectivity index (χ1n) is 6.70. The third-order valence-corrected chi connectivity index (χ3v) is 3.37. The number of hydrogen-bond acceptors (Lipinski definition) is 2. The van der Waals surface area contributed by atoms with Crippen molar-refractivity contribution in [3.05, 3.63) is 64.7 Å². The molecule has 20 heavy (non-hydrogen) atoms. The Kier molecular flexibility index (Phi) is 5.19. The highest BCUT2D eigenvalue weighted by molar-refractivity contribution is 6.31. The van der Waals surface area contributed by atoms with Crippen LogP contribution in [0.2, 0.25) is 5.02 Å². The summed E-state index contributed by atoms with van der Waals surface area (Å²) in [6.45, 7) is 2.42. The van der Waals surface area contributed by atoms with Gasteiger partial charge in [-0.2, -0.15) is 0 Å². The third-order valence-electron chi connectivity index (χ3n) is 3.01. The quantitative estimate of drug-likeness (QED) is 0.707. The Morgan fingerprint density at radius 1 is 1.10 bits per heavy atom. The van der Waals surface area contributed by atoms with Gasteiger partial charge in [-0.1, -0.05) is 36.7 Å². The van der Waals surface area contributed by atoms with E-state index in [9.17, 15) is 4.79 Å². The van der Waals surface area contributed by atoms with Crippen LogP contribution in [0.5, 0.6) is 5.75 Å². The lowest BCUT2D eigenvalue weighted by Gasteiger charge is -2.08. The summed E-state index contributed by atoms with van der Waals surface area (Å²) in [5, 5.41) is 0.697. The maximum atomic E-state index is 11.7. The molecule has 3 heteroatoms. The van der Waals surface area contributed by atoms with Gasteiger partial charge < -0.3 is 4.74 Å². The van der Waals surface area contributed by atoms with Crippen LogP contribution in [0.3, 0.4) is 0 Å². The molecule has 0 aliphatic rings. The maximum absolute atomic E-state index is 11.7. The molecule has 0 saturated heterocycles. The Balaban J connectivity index is 1.98. The number of carbonyl (C=O) groups excluding carboxylic acids is 1. The van der Waals surface area contributed by atoms with Crippen molar-refractivity contribution in [1.29, 1.82) is 0 Å². The van der Waals surface area contributed by atoms with Crippen LogP contribution in [0.25, 0.3) is 0 Å². The molecule has 0 fully saturated rings. The van der Waals surface area contributed by atoms with Crippen molar-refractivity contribution >= 4 is 17.4 Å². The van der Waals surface area contributed by atoms with Crippen molar-refractivity contribution in [2.24, 2.45) is 0 Å². The molecule has 0 amide bonds. The fraction of sp³-hybridized carbons (Fsp3) is 0.235. The van der Waals surface area contributed by atoms with Gasteiger partial charge in [0, 0.05) is 22.6 Å². The van der Waals surface area contributed by atoms with E-state index in [2.05, 4.69) is 0 Å². The van der Waals surface area contributed by atoms with Gasteiger partial charge in [0.25, 0.3) is 0 Å². The van der Waals surface area contributed by atoms with Crippen molar-refractivity contribution < 1.29 is 9.53 Å². The number of hydrogen-bond donors (Lipinski definition) is 0. The van der Waals surface area contributed by atoms with Crippen molar-refractivity contribution in [1.82, 2.24) is 0 Å². The van der Waals surface area contributed by atoms with E-state index in [1.54, 1.807) is 12.1 Å². The fourth-order valence-electron chi connectivity index (χ4n) is 1.88. The second kappa shape index (κ2) is 7.11. The molecule has 0 aliphatic carbocycles. The molecule has 0 aliphatic heterocycles. The van der Waals surface area contributed by atoms with Crippen LogP contribution in [-0.2, 0) is 6.61 Å². The van der Waals surface area contributed by atoms with Gasteiger partial charge in [-0.15, -0.1) is 0 Å². The van der Waals surface area contributed by atoms with Gasteiger partial charge >= 0.3 is 0 Å². The molecule has 0 bridgehead atoms. The summed E-state index contributed by atoms with van der Waals surface area (Å²) in [6.07, 6.45) is 1.45. The molecule has 0 spiro atoms. The molecular weight excluding hydrogens is 272 g/mol. The van der Waals surface area contributed by atoms with Crippen molar-refractivity contribution in [2.45, 2.75) is 26.4 Å². The summed E-state index contributed by atoms with van der Waals surface area (Å²) in [7, 11) is 0. The molecule has 0 unspecified atom stereocenters. The van der Waals surface area contributed by atoms with E-state index in [0.717, 1.165) is 23.3 Å². The van der Waals surface area contributed by atoms with Gasteiger partial charge in [0.15, 0.2) is 5.78 Å². The minimum absolute atomic E-state index is 0.171. The van der Waals surface area contributed by atoms with Crippen LogP contribution in [0.15, 0.2) is 48.5 Å². The van der Waals surface area contributed by atoms with Crippen LogP contribution in [0, 0.1) is 0 Å². The second-order valence-electron chi connectivity index (χ2n) is 4.58. The number of rotatable bonds is 6. The topological polar surface area (TPSA) is 26.3 Å².